The zero-order valence-electron chi connectivity index (χ0n) is 20.1. The molecule has 0 saturated carbocycles. The fraction of sp³-hybridized carbons (Fsp3) is 0.280. The van der Waals surface area contributed by atoms with Gasteiger partial charge in [0.05, 0.1) is 12.3 Å². The van der Waals surface area contributed by atoms with Crippen molar-refractivity contribution in [2.24, 2.45) is 7.05 Å². The van der Waals surface area contributed by atoms with E-state index in [1.807, 2.05) is 0 Å². The van der Waals surface area contributed by atoms with Crippen molar-refractivity contribution in [1.29, 1.82) is 0 Å². The fourth-order valence-electron chi connectivity index (χ4n) is 3.79. The number of amides is 1. The molecular formula is C25H26ClN3O6S. The van der Waals surface area contributed by atoms with Gasteiger partial charge in [-0.3, -0.25) is 14.3 Å². The van der Waals surface area contributed by atoms with E-state index in [2.05, 4.69) is 4.72 Å². The lowest BCUT2D eigenvalue weighted by molar-refractivity contribution is -0.129. The maximum atomic E-state index is 12.4. The number of ether oxygens (including phenoxy) is 2. The van der Waals surface area contributed by atoms with Gasteiger partial charge < -0.3 is 18.9 Å². The monoisotopic (exact) mass is 531 g/mol. The molecule has 2 heterocycles. The molecule has 2 aromatic carbocycles. The summed E-state index contributed by atoms with van der Waals surface area (Å²) in [5, 5.41) is 0.495. The van der Waals surface area contributed by atoms with Gasteiger partial charge in [-0.25, -0.2) is 8.42 Å². The highest BCUT2D eigenvalue weighted by molar-refractivity contribution is 7.92. The molecule has 0 fully saturated rings. The van der Waals surface area contributed by atoms with E-state index < -0.39 is 10.0 Å². The zero-order valence-corrected chi connectivity index (χ0v) is 21.6. The summed E-state index contributed by atoms with van der Waals surface area (Å²) >= 11 is 6.24. The topological polar surface area (TPSA) is 107 Å². The molecule has 0 spiro atoms. The molecule has 0 unspecified atom stereocenters. The smallest absolute Gasteiger partial charge is 0.254 e. The van der Waals surface area contributed by atoms with Crippen LogP contribution in [0.3, 0.4) is 0 Å². The van der Waals surface area contributed by atoms with Gasteiger partial charge in [-0.15, -0.1) is 0 Å². The second-order valence-electron chi connectivity index (χ2n) is 8.36. The molecule has 0 atom stereocenters. The van der Waals surface area contributed by atoms with Crippen LogP contribution in [-0.2, 0) is 28.4 Å². The highest BCUT2D eigenvalue weighted by atomic mass is 35.5. The number of sulfonamides is 1. The van der Waals surface area contributed by atoms with Crippen LogP contribution in [-0.4, -0.2) is 42.7 Å². The number of aryl methyl sites for hydroxylation is 1. The SMILES string of the molecule is CCS(=O)(=O)Nc1ccc2c(c1)-c1cn(C)c(=O)cc1OCCN(C(C)=O)Cc1cc(Cl)ccc1O2. The lowest BCUT2D eigenvalue weighted by Crippen LogP contribution is -2.32. The first-order valence-electron chi connectivity index (χ1n) is 11.3. The number of anilines is 1. The summed E-state index contributed by atoms with van der Waals surface area (Å²) in [4.78, 5) is 26.3. The third-order valence-corrected chi connectivity index (χ3v) is 7.32. The quantitative estimate of drug-likeness (QED) is 0.547. The Hall–Kier alpha value is -3.50. The first kappa shape index (κ1) is 25.6. The van der Waals surface area contributed by atoms with Crippen LogP contribution >= 0.6 is 11.6 Å². The highest BCUT2D eigenvalue weighted by Crippen LogP contribution is 2.41. The third-order valence-electron chi connectivity index (χ3n) is 5.78. The Bertz CT molecular complexity index is 1490. The molecule has 3 aromatic rings. The van der Waals surface area contributed by atoms with Crippen LogP contribution in [0.15, 0.2) is 53.5 Å². The van der Waals surface area contributed by atoms with E-state index in [1.54, 1.807) is 61.5 Å². The standard InChI is InChI=1S/C25H26ClN3O6S/c1-4-36(32,33)27-19-6-8-23-20(12-19)21-15-28(3)25(31)13-24(21)34-10-9-29(16(2)30)14-17-11-18(26)5-7-22(17)35-23/h5-8,11-13,15,27H,4,9-10,14H2,1-3H3. The summed E-state index contributed by atoms with van der Waals surface area (Å²) in [6, 6.07) is 11.4. The normalized spacial score (nSPS) is 13.6. The van der Waals surface area contributed by atoms with Crippen LogP contribution in [0.25, 0.3) is 11.1 Å². The molecule has 1 aliphatic heterocycles. The van der Waals surface area contributed by atoms with Crippen molar-refractivity contribution < 1.29 is 22.7 Å². The number of hydrogen-bond acceptors (Lipinski definition) is 6. The lowest BCUT2D eigenvalue weighted by atomic mass is 10.0. The van der Waals surface area contributed by atoms with Gasteiger partial charge in [0.1, 0.15) is 23.9 Å². The molecule has 0 bridgehead atoms. The maximum absolute atomic E-state index is 12.4. The molecule has 9 nitrogen and oxygen atoms in total. The largest absolute Gasteiger partial charge is 0.491 e. The average molecular weight is 532 g/mol. The summed E-state index contributed by atoms with van der Waals surface area (Å²) in [6.07, 6.45) is 1.61. The molecule has 1 aliphatic rings. The number of carbonyl (C=O) groups is 1. The van der Waals surface area contributed by atoms with Gasteiger partial charge in [-0.2, -0.15) is 0 Å². The van der Waals surface area contributed by atoms with Gasteiger partial charge in [-0.1, -0.05) is 11.6 Å². The molecule has 1 amide bonds. The summed E-state index contributed by atoms with van der Waals surface area (Å²) in [7, 11) is -1.92. The third kappa shape index (κ3) is 5.66. The van der Waals surface area contributed by atoms with Crippen molar-refractivity contribution in [2.45, 2.75) is 20.4 Å². The van der Waals surface area contributed by atoms with Crippen LogP contribution < -0.4 is 19.8 Å². The summed E-state index contributed by atoms with van der Waals surface area (Å²) in [5.74, 6) is 0.936. The Morgan fingerprint density at radius 3 is 2.56 bits per heavy atom. The summed E-state index contributed by atoms with van der Waals surface area (Å²) in [6.45, 7) is 3.65. The number of carbonyl (C=O) groups excluding carboxylic acids is 1. The number of aromatic nitrogens is 1. The van der Waals surface area contributed by atoms with Crippen molar-refractivity contribution in [3.63, 3.8) is 0 Å². The summed E-state index contributed by atoms with van der Waals surface area (Å²) in [5.41, 5.74) is 1.79. The van der Waals surface area contributed by atoms with Gasteiger partial charge in [0, 0.05) is 60.2 Å². The Morgan fingerprint density at radius 1 is 1.08 bits per heavy atom. The Morgan fingerprint density at radius 2 is 1.83 bits per heavy atom. The second kappa shape index (κ2) is 10.2. The number of fused-ring (bicyclic) bond motifs is 4. The van der Waals surface area contributed by atoms with Crippen LogP contribution in [0.2, 0.25) is 5.02 Å². The van der Waals surface area contributed by atoms with Crippen molar-refractivity contribution in [3.05, 3.63) is 69.6 Å². The highest BCUT2D eigenvalue weighted by Gasteiger charge is 2.21. The molecular weight excluding hydrogens is 506 g/mol. The molecule has 11 heteroatoms. The molecule has 190 valence electrons. The molecule has 1 N–H and O–H groups in total. The van der Waals surface area contributed by atoms with E-state index in [1.165, 1.54) is 17.6 Å². The minimum atomic E-state index is -3.53. The molecule has 0 aliphatic carbocycles. The minimum Gasteiger partial charge on any atom is -0.491 e. The van der Waals surface area contributed by atoms with Crippen LogP contribution in [0.4, 0.5) is 5.69 Å². The van der Waals surface area contributed by atoms with E-state index in [9.17, 15) is 18.0 Å². The van der Waals surface area contributed by atoms with Gasteiger partial charge in [0.15, 0.2) is 0 Å². The molecule has 1 aromatic heterocycles. The number of rotatable bonds is 3. The number of benzene rings is 2. The average Bonchev–Trinajstić information content (AvgIpc) is 2.82. The van der Waals surface area contributed by atoms with Crippen molar-refractivity contribution in [2.75, 3.05) is 23.6 Å². The first-order valence-corrected chi connectivity index (χ1v) is 13.3. The predicted molar refractivity (Wildman–Crippen MR) is 138 cm³/mol. The first-order chi connectivity index (χ1) is 17.1. The Balaban J connectivity index is 1.94. The van der Waals surface area contributed by atoms with Crippen molar-refractivity contribution in [3.8, 4) is 28.4 Å². The van der Waals surface area contributed by atoms with Gasteiger partial charge >= 0.3 is 0 Å². The molecule has 0 radical (unpaired) electrons. The number of nitrogens with one attached hydrogen (secondary N) is 1. The summed E-state index contributed by atoms with van der Waals surface area (Å²) < 4.78 is 40.7. The number of halogens is 1. The number of hydrogen-bond donors (Lipinski definition) is 1. The maximum Gasteiger partial charge on any atom is 0.254 e. The Labute approximate surface area is 214 Å². The number of nitrogens with zero attached hydrogens (tertiary/aromatic N) is 2. The van der Waals surface area contributed by atoms with Crippen LogP contribution in [0.5, 0.6) is 17.2 Å². The van der Waals surface area contributed by atoms with Crippen molar-refractivity contribution in [1.82, 2.24) is 9.47 Å². The number of pyridine rings is 1. The second-order valence-corrected chi connectivity index (χ2v) is 10.8. The van der Waals surface area contributed by atoms with E-state index in [0.717, 1.165) is 0 Å². The predicted octanol–water partition coefficient (Wildman–Crippen LogP) is 4.00. The zero-order chi connectivity index (χ0) is 26.0. The van der Waals surface area contributed by atoms with E-state index in [0.29, 0.717) is 44.6 Å². The van der Waals surface area contributed by atoms with Gasteiger partial charge in [-0.05, 0) is 43.3 Å². The molecule has 36 heavy (non-hydrogen) atoms. The van der Waals surface area contributed by atoms with Crippen LogP contribution in [0.1, 0.15) is 19.4 Å². The van der Waals surface area contributed by atoms with Gasteiger partial charge in [0.2, 0.25) is 15.9 Å². The lowest BCUT2D eigenvalue weighted by Gasteiger charge is -2.25. The van der Waals surface area contributed by atoms with E-state index in [-0.39, 0.29) is 36.9 Å². The Kier molecular flexibility index (Phi) is 7.28. The van der Waals surface area contributed by atoms with E-state index in [4.69, 9.17) is 21.1 Å². The van der Waals surface area contributed by atoms with Gasteiger partial charge in [0.25, 0.3) is 5.56 Å². The van der Waals surface area contributed by atoms with E-state index >= 15 is 0 Å². The fourth-order valence-corrected chi connectivity index (χ4v) is 4.61. The minimum absolute atomic E-state index is 0.0877. The van der Waals surface area contributed by atoms with Crippen LogP contribution in [0, 0.1) is 0 Å². The molecule has 0 saturated heterocycles. The van der Waals surface area contributed by atoms with Crippen molar-refractivity contribution >= 4 is 33.2 Å². The molecule has 4 rings (SSSR count).